The van der Waals surface area contributed by atoms with Gasteiger partial charge in [0, 0.05) is 49.1 Å². The Bertz CT molecular complexity index is 1270. The molecule has 1 fully saturated rings. The number of aliphatic imine (C=N–C) groups is 1. The van der Waals surface area contributed by atoms with Gasteiger partial charge in [0.15, 0.2) is 21.4 Å². The molecule has 0 aliphatic carbocycles. The zero-order chi connectivity index (χ0) is 24.5. The van der Waals surface area contributed by atoms with Crippen LogP contribution in [0.15, 0.2) is 45.5 Å². The predicted octanol–water partition coefficient (Wildman–Crippen LogP) is 3.02. The number of aryl methyl sites for hydroxylation is 1. The molecule has 34 heavy (non-hydrogen) atoms. The summed E-state index contributed by atoms with van der Waals surface area (Å²) < 4.78 is 69.2. The average Bonchev–Trinajstić information content (AvgIpc) is 3.19. The van der Waals surface area contributed by atoms with E-state index in [-0.39, 0.29) is 12.5 Å². The van der Waals surface area contributed by atoms with Gasteiger partial charge in [-0.05, 0) is 30.9 Å². The highest BCUT2D eigenvalue weighted by atomic mass is 32.2. The van der Waals surface area contributed by atoms with E-state index in [1.165, 1.54) is 5.41 Å². The van der Waals surface area contributed by atoms with Gasteiger partial charge in [-0.1, -0.05) is 6.92 Å². The molecule has 182 valence electrons. The first-order chi connectivity index (χ1) is 16.2. The minimum Gasteiger partial charge on any atom is -0.484 e. The molecule has 3 heterocycles. The van der Waals surface area contributed by atoms with Gasteiger partial charge in [-0.3, -0.25) is 0 Å². The molecule has 0 bridgehead atoms. The van der Waals surface area contributed by atoms with Crippen LogP contribution in [0.3, 0.4) is 0 Å². The van der Waals surface area contributed by atoms with Crippen LogP contribution in [0.5, 0.6) is 5.75 Å². The second-order valence-corrected chi connectivity index (χ2v) is 11.4. The second kappa shape index (κ2) is 9.87. The van der Waals surface area contributed by atoms with Crippen molar-refractivity contribution in [3.63, 3.8) is 0 Å². The molecule has 1 atom stereocenters. The zero-order valence-corrected chi connectivity index (χ0v) is 20.3. The van der Waals surface area contributed by atoms with Crippen LogP contribution in [-0.4, -0.2) is 53.6 Å². The van der Waals surface area contributed by atoms with Gasteiger partial charge in [0.25, 0.3) is 0 Å². The van der Waals surface area contributed by atoms with Crippen LogP contribution in [0.4, 0.5) is 14.7 Å². The van der Waals surface area contributed by atoms with Crippen molar-refractivity contribution in [3.8, 4) is 5.75 Å². The summed E-state index contributed by atoms with van der Waals surface area (Å²) in [7, 11) is -5.33. The summed E-state index contributed by atoms with van der Waals surface area (Å²) in [5, 5.41) is 1.98. The Kier molecular flexibility index (Phi) is 7.08. The monoisotopic (exact) mass is 510 g/mol. The molecule has 4 rings (SSSR count). The van der Waals surface area contributed by atoms with E-state index in [1.807, 2.05) is 19.3 Å². The fourth-order valence-corrected chi connectivity index (χ4v) is 5.79. The van der Waals surface area contributed by atoms with Gasteiger partial charge < -0.3 is 9.64 Å². The summed E-state index contributed by atoms with van der Waals surface area (Å²) in [5.74, 6) is -1.86. The van der Waals surface area contributed by atoms with Crippen molar-refractivity contribution in [2.24, 2.45) is 10.9 Å². The second-order valence-electron chi connectivity index (χ2n) is 8.14. The highest BCUT2D eigenvalue weighted by Gasteiger charge is 2.30. The number of benzene rings is 1. The summed E-state index contributed by atoms with van der Waals surface area (Å²) in [5.41, 5.74) is 1.42. The van der Waals surface area contributed by atoms with Crippen LogP contribution in [0.1, 0.15) is 25.3 Å². The number of hydrogen-bond acceptors (Lipinski definition) is 8. The number of hydrogen-bond donors (Lipinski definition) is 0. The number of ether oxygens (including phenoxy) is 1. The molecule has 0 radical (unpaired) electrons. The number of piperidine rings is 1. The third kappa shape index (κ3) is 5.33. The van der Waals surface area contributed by atoms with Crippen molar-refractivity contribution in [3.05, 3.63) is 52.8 Å². The van der Waals surface area contributed by atoms with Gasteiger partial charge in [0.1, 0.15) is 22.4 Å². The van der Waals surface area contributed by atoms with E-state index in [4.69, 9.17) is 4.74 Å². The first kappa shape index (κ1) is 24.4. The fraction of sp³-hybridized carbons (Fsp3) is 0.409. The molecular weight excluding hydrogens is 486 g/mol. The number of rotatable bonds is 7. The quantitative estimate of drug-likeness (QED) is 0.564. The van der Waals surface area contributed by atoms with Gasteiger partial charge in [0.05, 0.1) is 16.5 Å². The molecular formula is C22H24F2N4O4S2. The molecule has 0 N–H and O–H groups in total. The van der Waals surface area contributed by atoms with Crippen LogP contribution in [-0.2, 0) is 27.1 Å². The van der Waals surface area contributed by atoms with Crippen molar-refractivity contribution in [1.82, 2.24) is 9.97 Å². The highest BCUT2D eigenvalue weighted by Crippen LogP contribution is 2.29. The third-order valence-electron chi connectivity index (χ3n) is 5.69. The van der Waals surface area contributed by atoms with Crippen molar-refractivity contribution in [2.75, 3.05) is 30.9 Å². The Balaban J connectivity index is 1.37. The number of nitrogens with zero attached hydrogens (tertiary/aromatic N) is 4. The molecule has 1 aromatic heterocycles. The van der Waals surface area contributed by atoms with E-state index in [0.717, 1.165) is 31.1 Å². The number of sulfone groups is 1. The Hall–Kier alpha value is -2.73. The maximum absolute atomic E-state index is 14.2. The summed E-state index contributed by atoms with van der Waals surface area (Å²) in [6, 6.07) is 1.27. The summed E-state index contributed by atoms with van der Waals surface area (Å²) in [4.78, 5) is 14.6. The van der Waals surface area contributed by atoms with E-state index in [2.05, 4.69) is 19.9 Å². The number of anilines is 1. The summed E-state index contributed by atoms with van der Waals surface area (Å²) in [6.07, 6.45) is 6.78. The third-order valence-corrected chi connectivity index (χ3v) is 8.13. The normalized spacial score (nSPS) is 19.2. The lowest BCUT2D eigenvalue weighted by Crippen LogP contribution is -2.37. The van der Waals surface area contributed by atoms with E-state index >= 15 is 0 Å². The summed E-state index contributed by atoms with van der Waals surface area (Å²) in [6.45, 7) is 3.23. The van der Waals surface area contributed by atoms with Gasteiger partial charge in [0.2, 0.25) is 5.95 Å². The molecule has 0 amide bonds. The van der Waals surface area contributed by atoms with Crippen molar-refractivity contribution < 1.29 is 26.1 Å². The van der Waals surface area contributed by atoms with Crippen LogP contribution >= 0.6 is 0 Å². The molecule has 12 heteroatoms. The van der Waals surface area contributed by atoms with E-state index in [9.17, 15) is 21.4 Å². The van der Waals surface area contributed by atoms with Gasteiger partial charge in [-0.2, -0.15) is 0 Å². The summed E-state index contributed by atoms with van der Waals surface area (Å²) >= 11 is 0. The Morgan fingerprint density at radius 3 is 2.44 bits per heavy atom. The van der Waals surface area contributed by atoms with E-state index in [0.29, 0.717) is 41.9 Å². The predicted molar refractivity (Wildman–Crippen MR) is 125 cm³/mol. The van der Waals surface area contributed by atoms with Crippen molar-refractivity contribution in [1.29, 1.82) is 0 Å². The van der Waals surface area contributed by atoms with Crippen LogP contribution < -0.4 is 9.64 Å². The lowest BCUT2D eigenvalue weighted by atomic mass is 9.98. The van der Waals surface area contributed by atoms with E-state index < -0.39 is 42.9 Å². The molecule has 0 saturated carbocycles. The Labute approximate surface area is 199 Å². The molecule has 1 saturated heterocycles. The number of aromatic nitrogens is 2. The van der Waals surface area contributed by atoms with Gasteiger partial charge >= 0.3 is 0 Å². The van der Waals surface area contributed by atoms with Gasteiger partial charge in [-0.15, -0.1) is 0 Å². The SMILES string of the molecule is CCc1cnc(N2CCC(C3=NC(COc4cc(F)c(S(C)(=O)=O)cc4F)=CS3=O)CC2)nc1. The molecule has 0 spiro atoms. The maximum atomic E-state index is 14.2. The maximum Gasteiger partial charge on any atom is 0.225 e. The Morgan fingerprint density at radius 2 is 1.82 bits per heavy atom. The van der Waals surface area contributed by atoms with E-state index in [1.54, 1.807) is 0 Å². The number of halogens is 2. The molecule has 2 aliphatic heterocycles. The standard InChI is InChI=1S/C22H24F2N4O4S2/c1-3-14-10-25-22(26-11-14)28-6-4-15(5-7-28)21-27-16(13-33(21)29)12-32-19-8-18(24)20(9-17(19)23)34(2,30)31/h8-11,13,15H,3-7,12H2,1-2H3. The van der Waals surface area contributed by atoms with Crippen molar-refractivity contribution in [2.45, 2.75) is 31.1 Å². The first-order valence-electron chi connectivity index (χ1n) is 10.7. The lowest BCUT2D eigenvalue weighted by Gasteiger charge is -2.31. The fourth-order valence-electron chi connectivity index (χ4n) is 3.80. The minimum absolute atomic E-state index is 0.0176. The largest absolute Gasteiger partial charge is 0.484 e. The molecule has 1 unspecified atom stereocenters. The smallest absolute Gasteiger partial charge is 0.225 e. The highest BCUT2D eigenvalue weighted by molar-refractivity contribution is 8.03. The first-order valence-corrected chi connectivity index (χ1v) is 13.8. The average molecular weight is 511 g/mol. The van der Waals surface area contributed by atoms with Gasteiger partial charge in [-0.25, -0.2) is 36.4 Å². The Morgan fingerprint density at radius 1 is 1.15 bits per heavy atom. The zero-order valence-electron chi connectivity index (χ0n) is 18.7. The van der Waals surface area contributed by atoms with Crippen LogP contribution in [0, 0.1) is 17.6 Å². The molecule has 2 aromatic rings. The topological polar surface area (TPSA) is 102 Å². The molecule has 2 aliphatic rings. The van der Waals surface area contributed by atoms with Crippen LogP contribution in [0.25, 0.3) is 0 Å². The molecule has 8 nitrogen and oxygen atoms in total. The lowest BCUT2D eigenvalue weighted by molar-refractivity contribution is 0.327. The minimum atomic E-state index is -3.91. The van der Waals surface area contributed by atoms with Crippen LogP contribution in [0.2, 0.25) is 0 Å². The molecule has 1 aromatic carbocycles. The van der Waals surface area contributed by atoms with Crippen molar-refractivity contribution >= 4 is 31.6 Å².